The molecule has 0 aliphatic carbocycles. The Kier molecular flexibility index (Phi) is 28.8. The molecule has 29 heteroatoms. The molecule has 0 saturated carbocycles. The summed E-state index contributed by atoms with van der Waals surface area (Å²) in [5.41, 5.74) is 39.8. The summed E-state index contributed by atoms with van der Waals surface area (Å²) in [6.07, 6.45) is 0.282. The van der Waals surface area contributed by atoms with Crippen LogP contribution in [-0.4, -0.2) is 150 Å². The largest absolute Gasteiger partial charge is 0.496 e. The lowest BCUT2D eigenvalue weighted by molar-refractivity contribution is -0.121. The molecule has 89 heavy (non-hydrogen) atoms. The summed E-state index contributed by atoms with van der Waals surface area (Å²) < 4.78 is 21.8. The maximum Gasteiger partial charge on any atom is 0.312 e. The molecule has 4 aromatic carbocycles. The van der Waals surface area contributed by atoms with E-state index >= 15 is 0 Å². The highest BCUT2D eigenvalue weighted by Crippen LogP contribution is 2.26. The van der Waals surface area contributed by atoms with E-state index in [0.717, 1.165) is 0 Å². The highest BCUT2D eigenvalue weighted by molar-refractivity contribution is 6.04. The number of nitrogens with two attached hydrogens (primary N) is 7. The van der Waals surface area contributed by atoms with Crippen LogP contribution in [0.2, 0.25) is 0 Å². The van der Waals surface area contributed by atoms with Crippen LogP contribution in [0.25, 0.3) is 0 Å². The number of ether oxygens (including phenoxy) is 4. The number of carbonyl (C=O) groups excluding carboxylic acids is 11. The first-order valence-corrected chi connectivity index (χ1v) is 28.3. The molecule has 0 unspecified atom stereocenters. The SMILES string of the molecule is COc1ccc(CC(=O)[C@@H](CCCNC(N)=O)NC(=O)c2cc(CC(=O)[C@@H](CCCNC(N)=O)NC(=O)c3cc(CC(=O)[C@@H](CCCN=C(N)N)NC(=O)c4cc(CC(=O)[C@H](N)CCCNC(N)=O)ccc4OC)ccc3OC)ccc2OC)cc1C(N)=O. The van der Waals surface area contributed by atoms with Gasteiger partial charge in [-0.05, 0) is 122 Å². The van der Waals surface area contributed by atoms with Crippen molar-refractivity contribution in [3.8, 4) is 23.0 Å². The molecule has 29 nitrogen and oxygen atoms in total. The Balaban J connectivity index is 1.60. The van der Waals surface area contributed by atoms with Crippen LogP contribution in [0.15, 0.2) is 77.8 Å². The smallest absolute Gasteiger partial charge is 0.312 e. The summed E-state index contributed by atoms with van der Waals surface area (Å²) in [5.74, 6) is -4.56. The van der Waals surface area contributed by atoms with Gasteiger partial charge in [0, 0.05) is 51.9 Å². The van der Waals surface area contributed by atoms with Gasteiger partial charge >= 0.3 is 18.1 Å². The van der Waals surface area contributed by atoms with Gasteiger partial charge in [-0.15, -0.1) is 0 Å². The van der Waals surface area contributed by atoms with Gasteiger partial charge in [0.15, 0.2) is 29.1 Å². The number of urea groups is 3. The molecule has 0 heterocycles. The predicted molar refractivity (Wildman–Crippen MR) is 327 cm³/mol. The van der Waals surface area contributed by atoms with Crippen LogP contribution in [0, 0.1) is 0 Å². The molecule has 0 radical (unpaired) electrons. The molecule has 10 amide bonds. The van der Waals surface area contributed by atoms with Gasteiger partial charge in [-0.3, -0.25) is 43.3 Å². The number of aliphatic imine (C=N–C) groups is 1. The summed E-state index contributed by atoms with van der Waals surface area (Å²) in [6.45, 7) is 0.447. The number of Topliss-reactive ketones (excluding diaryl/α,β-unsaturated/α-hetero) is 4. The van der Waals surface area contributed by atoms with Crippen LogP contribution >= 0.6 is 0 Å². The fourth-order valence-corrected chi connectivity index (χ4v) is 9.37. The number of hydrogen-bond donors (Lipinski definition) is 13. The van der Waals surface area contributed by atoms with Crippen molar-refractivity contribution in [1.29, 1.82) is 0 Å². The van der Waals surface area contributed by atoms with E-state index in [1.807, 2.05) is 0 Å². The van der Waals surface area contributed by atoms with Crippen molar-refractivity contribution in [3.63, 3.8) is 0 Å². The van der Waals surface area contributed by atoms with Crippen molar-refractivity contribution in [2.75, 3.05) is 54.6 Å². The van der Waals surface area contributed by atoms with E-state index < -0.39 is 83.2 Å². The van der Waals surface area contributed by atoms with Crippen molar-refractivity contribution < 1.29 is 71.7 Å². The third kappa shape index (κ3) is 23.5. The Morgan fingerprint density at radius 3 is 1.00 bits per heavy atom. The summed E-state index contributed by atoms with van der Waals surface area (Å²) in [4.78, 5) is 149. The molecule has 4 rings (SSSR count). The van der Waals surface area contributed by atoms with E-state index in [9.17, 15) is 52.7 Å². The number of benzene rings is 4. The van der Waals surface area contributed by atoms with E-state index in [1.54, 1.807) is 18.2 Å². The number of hydrogen-bond acceptors (Lipinski definition) is 17. The molecule has 0 saturated heterocycles. The van der Waals surface area contributed by atoms with Crippen LogP contribution in [0.3, 0.4) is 0 Å². The van der Waals surface area contributed by atoms with E-state index in [4.69, 9.17) is 59.1 Å². The van der Waals surface area contributed by atoms with Crippen molar-refractivity contribution >= 4 is 70.8 Å². The lowest BCUT2D eigenvalue weighted by atomic mass is 9.96. The zero-order valence-corrected chi connectivity index (χ0v) is 50.2. The minimum atomic E-state index is -1.23. The average Bonchev–Trinajstić information content (AvgIpc) is 2.33. The Bertz CT molecular complexity index is 3240. The van der Waals surface area contributed by atoms with E-state index in [2.05, 4.69) is 36.9 Å². The summed E-state index contributed by atoms with van der Waals surface area (Å²) in [6, 6.07) is 11.1. The fraction of sp³-hybridized carbons (Fsp3) is 0.400. The van der Waals surface area contributed by atoms with Gasteiger partial charge in [0.05, 0.1) is 74.9 Å². The zero-order chi connectivity index (χ0) is 65.7. The number of nitrogens with one attached hydrogen (secondary N) is 6. The third-order valence-electron chi connectivity index (χ3n) is 13.9. The number of amides is 10. The zero-order valence-electron chi connectivity index (χ0n) is 50.2. The van der Waals surface area contributed by atoms with Gasteiger partial charge in [-0.1, -0.05) is 24.3 Å². The number of methoxy groups -OCH3 is 4. The predicted octanol–water partition coefficient (Wildman–Crippen LogP) is 0.388. The molecule has 4 atom stereocenters. The number of ketones is 4. The average molecular weight is 1240 g/mol. The van der Waals surface area contributed by atoms with Crippen LogP contribution in [-0.2, 0) is 44.9 Å². The number of nitrogens with zero attached hydrogens (tertiary/aromatic N) is 1. The summed E-state index contributed by atoms with van der Waals surface area (Å²) in [7, 11) is 5.34. The van der Waals surface area contributed by atoms with Crippen LogP contribution < -0.4 is 91.0 Å². The third-order valence-corrected chi connectivity index (χ3v) is 13.9. The molecule has 0 fully saturated rings. The summed E-state index contributed by atoms with van der Waals surface area (Å²) in [5, 5.41) is 15.6. The second kappa shape index (κ2) is 36.0. The van der Waals surface area contributed by atoms with Gasteiger partial charge in [0.2, 0.25) is 0 Å². The monoisotopic (exact) mass is 1240 g/mol. The Morgan fingerprint density at radius 1 is 0.404 bits per heavy atom. The Morgan fingerprint density at radius 2 is 0.697 bits per heavy atom. The minimum absolute atomic E-state index is 0.0158. The van der Waals surface area contributed by atoms with Crippen LogP contribution in [0.5, 0.6) is 23.0 Å². The maximum atomic E-state index is 14.4. The lowest BCUT2D eigenvalue weighted by Gasteiger charge is -2.21. The minimum Gasteiger partial charge on any atom is -0.496 e. The van der Waals surface area contributed by atoms with E-state index in [-0.39, 0.29) is 154 Å². The number of guanidine groups is 1. The fourth-order valence-electron chi connectivity index (χ4n) is 9.37. The second-order valence-corrected chi connectivity index (χ2v) is 20.5. The highest BCUT2D eigenvalue weighted by Gasteiger charge is 2.29. The normalized spacial score (nSPS) is 12.1. The number of primary amides is 4. The number of rotatable bonds is 39. The Hall–Kier alpha value is -10.3. The van der Waals surface area contributed by atoms with Gasteiger partial charge < -0.3 is 91.0 Å². The summed E-state index contributed by atoms with van der Waals surface area (Å²) >= 11 is 0. The Labute approximate surface area is 514 Å². The van der Waals surface area contributed by atoms with E-state index in [1.165, 1.54) is 83.0 Å². The molecule has 480 valence electrons. The molecule has 0 aliphatic heterocycles. The molecular formula is C60H80N14O15. The van der Waals surface area contributed by atoms with Crippen LogP contribution in [0.4, 0.5) is 14.4 Å². The quantitative estimate of drug-likeness (QED) is 0.0163. The molecule has 20 N–H and O–H groups in total. The van der Waals surface area contributed by atoms with E-state index in [0.29, 0.717) is 28.7 Å². The van der Waals surface area contributed by atoms with Crippen molar-refractivity contribution in [2.45, 2.75) is 101 Å². The molecule has 4 aromatic rings. The topological polar surface area (TPSA) is 491 Å². The standard InChI is InChI=1S/C60H80N14O15/c1-86-49-17-13-33(25-37(49)53(62)79)30-46(76)43(11-7-23-70-59(66)84)73-55(81)39-28-36(16-20-51(39)88-3)32-48(78)44(12-8-24-71-60(67)85)74-56(82)40-27-35(15-19-52(40)89-4)31-47(77)42(10-6-21-68-57(63)64)72-54(80)38-26-34(14-18-50(38)87-2)29-45(75)41(61)9-5-22-69-58(65)83/h13-20,25-28,41-44H,5-12,21-24,29-32,61H2,1-4H3,(H2,62,79)(H,72,80)(H,73,81)(H,74,82)(H4,63,64,68)(H3,65,69,83)(H3,66,70,84)(H3,67,71,85)/t41-,42-,43-,44-/m1/s1. The highest BCUT2D eigenvalue weighted by atomic mass is 16.5. The first-order valence-electron chi connectivity index (χ1n) is 28.3. The van der Waals surface area contributed by atoms with Crippen molar-refractivity contribution in [1.82, 2.24) is 31.9 Å². The van der Waals surface area contributed by atoms with Crippen molar-refractivity contribution in [2.24, 2.45) is 45.1 Å². The van der Waals surface area contributed by atoms with Gasteiger partial charge in [0.1, 0.15) is 23.0 Å². The van der Waals surface area contributed by atoms with Gasteiger partial charge in [0.25, 0.3) is 23.6 Å². The molecule has 0 bridgehead atoms. The van der Waals surface area contributed by atoms with Crippen molar-refractivity contribution in [3.05, 3.63) is 117 Å². The second-order valence-electron chi connectivity index (χ2n) is 20.5. The van der Waals surface area contributed by atoms with Gasteiger partial charge in [-0.25, -0.2) is 14.4 Å². The first kappa shape index (κ1) is 71.2. The molecule has 0 spiro atoms. The molecule has 0 aromatic heterocycles. The first-order chi connectivity index (χ1) is 42.4. The maximum absolute atomic E-state index is 14.4. The number of carbonyl (C=O) groups is 11. The molecule has 0 aliphatic rings. The van der Waals surface area contributed by atoms with Gasteiger partial charge in [-0.2, -0.15) is 0 Å². The molecular weight excluding hydrogens is 1160 g/mol. The lowest BCUT2D eigenvalue weighted by Crippen LogP contribution is -2.43. The van der Waals surface area contributed by atoms with Crippen LogP contribution in [0.1, 0.15) is 115 Å².